The summed E-state index contributed by atoms with van der Waals surface area (Å²) in [6.45, 7) is 0. The maximum absolute atomic E-state index is 8.85. The maximum Gasteiger partial charge on any atom is 0.151 e. The van der Waals surface area contributed by atoms with Gasteiger partial charge in [-0.1, -0.05) is 17.7 Å². The number of hydrogen-bond donors (Lipinski definition) is 1. The minimum Gasteiger partial charge on any atom is -0.339 e. The van der Waals surface area contributed by atoms with E-state index in [1.54, 1.807) is 12.1 Å². The molecule has 0 atom stereocenters. The lowest BCUT2D eigenvalue weighted by molar-refractivity contribution is 1.15. The molecule has 0 aliphatic carbocycles. The van der Waals surface area contributed by atoms with Gasteiger partial charge >= 0.3 is 0 Å². The van der Waals surface area contributed by atoms with Crippen LogP contribution >= 0.6 is 11.6 Å². The second-order valence-electron chi connectivity index (χ2n) is 3.03. The number of benzene rings is 1. The van der Waals surface area contributed by atoms with Crippen molar-refractivity contribution >= 4 is 23.1 Å². The fourth-order valence-electron chi connectivity index (χ4n) is 1.21. The summed E-state index contributed by atoms with van der Waals surface area (Å²) >= 11 is 5.85. The first-order valence-electron chi connectivity index (χ1n) is 4.52. The third kappa shape index (κ3) is 2.27. The van der Waals surface area contributed by atoms with Crippen molar-refractivity contribution in [1.82, 2.24) is 9.97 Å². The number of nitrogens with zero attached hydrogens (tertiary/aromatic N) is 3. The Morgan fingerprint density at radius 2 is 2.25 bits per heavy atom. The van der Waals surface area contributed by atoms with Crippen LogP contribution in [0.4, 0.5) is 11.5 Å². The molecule has 16 heavy (non-hydrogen) atoms. The van der Waals surface area contributed by atoms with E-state index in [2.05, 4.69) is 15.3 Å². The van der Waals surface area contributed by atoms with Gasteiger partial charge in [0.25, 0.3) is 0 Å². The van der Waals surface area contributed by atoms with Gasteiger partial charge in [-0.05, 0) is 18.2 Å². The number of halogens is 1. The Hall–Kier alpha value is -2.12. The second-order valence-corrected chi connectivity index (χ2v) is 3.47. The molecule has 0 fully saturated rings. The second kappa shape index (κ2) is 4.60. The number of aromatic nitrogens is 2. The average Bonchev–Trinajstić information content (AvgIpc) is 2.30. The van der Waals surface area contributed by atoms with Crippen LogP contribution in [0.2, 0.25) is 5.02 Å². The molecule has 2 rings (SSSR count). The van der Waals surface area contributed by atoms with E-state index >= 15 is 0 Å². The van der Waals surface area contributed by atoms with Crippen molar-refractivity contribution in [3.63, 3.8) is 0 Å². The van der Waals surface area contributed by atoms with Gasteiger partial charge < -0.3 is 5.32 Å². The van der Waals surface area contributed by atoms with Crippen LogP contribution in [-0.2, 0) is 0 Å². The fraction of sp³-hybridized carbons (Fsp3) is 0. The molecule has 1 aromatic carbocycles. The maximum atomic E-state index is 8.85. The summed E-state index contributed by atoms with van der Waals surface area (Å²) in [7, 11) is 0. The molecule has 0 aliphatic rings. The molecule has 5 heteroatoms. The molecule has 4 nitrogen and oxygen atoms in total. The van der Waals surface area contributed by atoms with Gasteiger partial charge in [0.05, 0.1) is 6.20 Å². The van der Waals surface area contributed by atoms with Crippen LogP contribution in [0.15, 0.2) is 36.8 Å². The first-order chi connectivity index (χ1) is 7.79. The lowest BCUT2D eigenvalue weighted by atomic mass is 10.3. The summed E-state index contributed by atoms with van der Waals surface area (Å²) in [4.78, 5) is 7.76. The van der Waals surface area contributed by atoms with Crippen LogP contribution in [-0.4, -0.2) is 9.97 Å². The minimum atomic E-state index is 0.391. The standard InChI is InChI=1S/C11H7ClN4/c12-9-2-1-3-10(4-9)16-11-8(5-13)6-14-7-15-11/h1-4,6-7H,(H,14,15,16). The van der Waals surface area contributed by atoms with E-state index in [9.17, 15) is 0 Å². The molecule has 0 bridgehead atoms. The van der Waals surface area contributed by atoms with Gasteiger partial charge in [-0.25, -0.2) is 9.97 Å². The zero-order chi connectivity index (χ0) is 11.4. The van der Waals surface area contributed by atoms with Crippen LogP contribution in [0.25, 0.3) is 0 Å². The Balaban J connectivity index is 2.31. The predicted molar refractivity (Wildman–Crippen MR) is 61.5 cm³/mol. The summed E-state index contributed by atoms with van der Waals surface area (Å²) in [5, 5.41) is 12.5. The first-order valence-corrected chi connectivity index (χ1v) is 4.90. The highest BCUT2D eigenvalue weighted by Gasteiger charge is 2.03. The molecular weight excluding hydrogens is 224 g/mol. The Labute approximate surface area is 97.5 Å². The van der Waals surface area contributed by atoms with Crippen LogP contribution < -0.4 is 5.32 Å². The lowest BCUT2D eigenvalue weighted by Gasteiger charge is -2.06. The highest BCUT2D eigenvalue weighted by atomic mass is 35.5. The monoisotopic (exact) mass is 230 g/mol. The molecule has 0 saturated heterocycles. The van der Waals surface area contributed by atoms with Gasteiger partial charge in [0.15, 0.2) is 5.82 Å². The fourth-order valence-corrected chi connectivity index (χ4v) is 1.40. The van der Waals surface area contributed by atoms with E-state index in [1.165, 1.54) is 12.5 Å². The Bertz CT molecular complexity index is 548. The summed E-state index contributed by atoms with van der Waals surface area (Å²) in [5.74, 6) is 0.472. The average molecular weight is 231 g/mol. The van der Waals surface area contributed by atoms with Crippen molar-refractivity contribution in [1.29, 1.82) is 5.26 Å². The number of nitrogens with one attached hydrogen (secondary N) is 1. The topological polar surface area (TPSA) is 61.6 Å². The molecule has 1 N–H and O–H groups in total. The molecule has 0 unspecified atom stereocenters. The van der Waals surface area contributed by atoms with Crippen LogP contribution in [0.3, 0.4) is 0 Å². The first kappa shape index (κ1) is 10.4. The molecule has 2 aromatic rings. The number of rotatable bonds is 2. The van der Waals surface area contributed by atoms with E-state index in [4.69, 9.17) is 16.9 Å². The van der Waals surface area contributed by atoms with Crippen molar-refractivity contribution in [3.8, 4) is 6.07 Å². The molecule has 0 spiro atoms. The zero-order valence-electron chi connectivity index (χ0n) is 8.18. The molecule has 0 amide bonds. The van der Waals surface area contributed by atoms with E-state index in [0.29, 0.717) is 16.4 Å². The van der Waals surface area contributed by atoms with E-state index in [1.807, 2.05) is 18.2 Å². The molecular formula is C11H7ClN4. The van der Waals surface area contributed by atoms with Crippen molar-refractivity contribution < 1.29 is 0 Å². The number of hydrogen-bond acceptors (Lipinski definition) is 4. The van der Waals surface area contributed by atoms with Crippen molar-refractivity contribution in [2.45, 2.75) is 0 Å². The van der Waals surface area contributed by atoms with Gasteiger partial charge in [0.1, 0.15) is 18.0 Å². The third-order valence-corrected chi connectivity index (χ3v) is 2.16. The molecule has 0 saturated carbocycles. The highest BCUT2D eigenvalue weighted by Crippen LogP contribution is 2.20. The van der Waals surface area contributed by atoms with Crippen LogP contribution in [0.1, 0.15) is 5.56 Å². The Kier molecular flexibility index (Phi) is 2.99. The van der Waals surface area contributed by atoms with Crippen molar-refractivity contribution in [2.24, 2.45) is 0 Å². The zero-order valence-corrected chi connectivity index (χ0v) is 8.94. The third-order valence-electron chi connectivity index (χ3n) is 1.92. The Morgan fingerprint density at radius 1 is 1.38 bits per heavy atom. The summed E-state index contributed by atoms with van der Waals surface area (Å²) in [6, 6.07) is 9.20. The summed E-state index contributed by atoms with van der Waals surface area (Å²) in [5.41, 5.74) is 1.17. The van der Waals surface area contributed by atoms with Crippen LogP contribution in [0, 0.1) is 11.3 Å². The van der Waals surface area contributed by atoms with Gasteiger partial charge in [-0.3, -0.25) is 0 Å². The smallest absolute Gasteiger partial charge is 0.151 e. The minimum absolute atomic E-state index is 0.391. The molecule has 78 valence electrons. The molecule has 0 radical (unpaired) electrons. The highest BCUT2D eigenvalue weighted by molar-refractivity contribution is 6.30. The largest absolute Gasteiger partial charge is 0.339 e. The van der Waals surface area contributed by atoms with Crippen LogP contribution in [0.5, 0.6) is 0 Å². The number of anilines is 2. The van der Waals surface area contributed by atoms with Gasteiger partial charge in [0, 0.05) is 10.7 Å². The van der Waals surface area contributed by atoms with Gasteiger partial charge in [-0.2, -0.15) is 5.26 Å². The number of nitriles is 1. The molecule has 0 aliphatic heterocycles. The van der Waals surface area contributed by atoms with E-state index < -0.39 is 0 Å². The van der Waals surface area contributed by atoms with E-state index in [-0.39, 0.29) is 0 Å². The molecule has 1 heterocycles. The van der Waals surface area contributed by atoms with Gasteiger partial charge in [-0.15, -0.1) is 0 Å². The quantitative estimate of drug-likeness (QED) is 0.862. The summed E-state index contributed by atoms with van der Waals surface area (Å²) in [6.07, 6.45) is 2.84. The molecule has 1 aromatic heterocycles. The lowest BCUT2D eigenvalue weighted by Crippen LogP contribution is -1.97. The van der Waals surface area contributed by atoms with Gasteiger partial charge in [0.2, 0.25) is 0 Å². The van der Waals surface area contributed by atoms with Crippen molar-refractivity contribution in [2.75, 3.05) is 5.32 Å². The normalized spacial score (nSPS) is 9.50. The predicted octanol–water partition coefficient (Wildman–Crippen LogP) is 2.75. The summed E-state index contributed by atoms with van der Waals surface area (Å²) < 4.78 is 0. The van der Waals surface area contributed by atoms with Crippen molar-refractivity contribution in [3.05, 3.63) is 47.4 Å². The van der Waals surface area contributed by atoms with E-state index in [0.717, 1.165) is 5.69 Å². The Morgan fingerprint density at radius 3 is 3.00 bits per heavy atom. The SMILES string of the molecule is N#Cc1cncnc1Nc1cccc(Cl)c1.